The van der Waals surface area contributed by atoms with Crippen molar-refractivity contribution in [3.8, 4) is 5.75 Å². The van der Waals surface area contributed by atoms with E-state index in [9.17, 15) is 4.79 Å². The Kier molecular flexibility index (Phi) is 5.01. The third-order valence-corrected chi connectivity index (χ3v) is 3.76. The number of hydrogen-bond donors (Lipinski definition) is 2. The Bertz CT molecular complexity index is 473. The number of carboxylic acids is 1. The summed E-state index contributed by atoms with van der Waals surface area (Å²) in [4.78, 5) is 10.9. The third-order valence-electron chi connectivity index (χ3n) is 3.76. The van der Waals surface area contributed by atoms with Gasteiger partial charge < -0.3 is 15.2 Å². The van der Waals surface area contributed by atoms with E-state index in [0.717, 1.165) is 38.0 Å². The first kappa shape index (κ1) is 14.9. The molecule has 1 aliphatic rings. The molecule has 2 rings (SSSR count). The quantitative estimate of drug-likeness (QED) is 0.839. The molecule has 4 heteroatoms. The molecular formula is C16H23NO3. The number of rotatable bonds is 6. The summed E-state index contributed by atoms with van der Waals surface area (Å²) in [6.07, 6.45) is 3.49. The highest BCUT2D eigenvalue weighted by molar-refractivity contribution is 5.72. The van der Waals surface area contributed by atoms with Crippen LogP contribution in [0.2, 0.25) is 0 Å². The van der Waals surface area contributed by atoms with Crippen LogP contribution in [0, 0.1) is 0 Å². The molecule has 2 atom stereocenters. The second kappa shape index (κ2) is 6.75. The van der Waals surface area contributed by atoms with Crippen LogP contribution in [0.25, 0.3) is 0 Å². The second-order valence-corrected chi connectivity index (χ2v) is 5.32. The molecule has 2 N–H and O–H groups in total. The zero-order chi connectivity index (χ0) is 14.5. The molecule has 0 fully saturated rings. The Hall–Kier alpha value is -1.55. The van der Waals surface area contributed by atoms with Crippen LogP contribution in [-0.4, -0.2) is 23.7 Å². The molecule has 0 saturated heterocycles. The van der Waals surface area contributed by atoms with Crippen LogP contribution in [0.3, 0.4) is 0 Å². The van der Waals surface area contributed by atoms with Crippen molar-refractivity contribution < 1.29 is 14.6 Å². The van der Waals surface area contributed by atoms with Crippen molar-refractivity contribution in [3.05, 3.63) is 29.3 Å². The van der Waals surface area contributed by atoms with Crippen molar-refractivity contribution in [1.29, 1.82) is 0 Å². The van der Waals surface area contributed by atoms with Gasteiger partial charge in [0.2, 0.25) is 0 Å². The highest BCUT2D eigenvalue weighted by Gasteiger charge is 2.23. The maximum Gasteiger partial charge on any atom is 0.344 e. The number of benzene rings is 1. The summed E-state index contributed by atoms with van der Waals surface area (Å²) in [6.45, 7) is 4.73. The van der Waals surface area contributed by atoms with E-state index in [1.54, 1.807) is 6.92 Å². The number of carboxylic acid groups (broad SMARTS) is 1. The molecule has 0 amide bonds. The normalized spacial score (nSPS) is 19.2. The van der Waals surface area contributed by atoms with Crippen molar-refractivity contribution >= 4 is 5.97 Å². The van der Waals surface area contributed by atoms with Gasteiger partial charge in [-0.05, 0) is 56.3 Å². The van der Waals surface area contributed by atoms with Crippen molar-refractivity contribution in [1.82, 2.24) is 5.32 Å². The zero-order valence-electron chi connectivity index (χ0n) is 12.2. The number of fused-ring (bicyclic) bond motifs is 1. The van der Waals surface area contributed by atoms with Gasteiger partial charge in [-0.1, -0.05) is 19.1 Å². The molecule has 4 nitrogen and oxygen atoms in total. The Morgan fingerprint density at radius 1 is 1.55 bits per heavy atom. The summed E-state index contributed by atoms with van der Waals surface area (Å²) in [7, 11) is 0. The minimum atomic E-state index is -0.931. The molecule has 1 aliphatic carbocycles. The van der Waals surface area contributed by atoms with Gasteiger partial charge in [0.05, 0.1) is 0 Å². The minimum Gasteiger partial charge on any atom is -0.479 e. The summed E-state index contributed by atoms with van der Waals surface area (Å²) in [5.41, 5.74) is 2.43. The van der Waals surface area contributed by atoms with E-state index < -0.39 is 12.1 Å². The lowest BCUT2D eigenvalue weighted by Crippen LogP contribution is -2.27. The molecule has 0 saturated carbocycles. The van der Waals surface area contributed by atoms with Crippen LogP contribution in [0.4, 0.5) is 0 Å². The zero-order valence-corrected chi connectivity index (χ0v) is 12.2. The van der Waals surface area contributed by atoms with Crippen LogP contribution >= 0.6 is 0 Å². The van der Waals surface area contributed by atoms with Gasteiger partial charge in [-0.15, -0.1) is 0 Å². The maximum absolute atomic E-state index is 10.9. The first-order chi connectivity index (χ1) is 9.63. The maximum atomic E-state index is 10.9. The standard InChI is InChI=1S/C16H23NO3/c1-3-10-17-14-8-4-7-13-12(14)6-5-9-15(13)20-11(2)16(18)19/h5-6,9,11,14,17H,3-4,7-8,10H2,1-2H3,(H,18,19). The molecule has 1 aromatic rings. The topological polar surface area (TPSA) is 58.6 Å². The first-order valence-electron chi connectivity index (χ1n) is 7.38. The fourth-order valence-electron chi connectivity index (χ4n) is 2.70. The summed E-state index contributed by atoms with van der Waals surface area (Å²) in [6, 6.07) is 6.32. The average molecular weight is 277 g/mol. The number of hydrogen-bond acceptors (Lipinski definition) is 3. The van der Waals surface area contributed by atoms with E-state index in [-0.39, 0.29) is 0 Å². The highest BCUT2D eigenvalue weighted by atomic mass is 16.5. The Morgan fingerprint density at radius 3 is 3.05 bits per heavy atom. The largest absolute Gasteiger partial charge is 0.479 e. The van der Waals surface area contributed by atoms with Crippen LogP contribution < -0.4 is 10.1 Å². The molecule has 0 aliphatic heterocycles. The van der Waals surface area contributed by atoms with Crippen molar-refractivity contribution in [2.75, 3.05) is 6.54 Å². The monoisotopic (exact) mass is 277 g/mol. The first-order valence-corrected chi connectivity index (χ1v) is 7.38. The fourth-order valence-corrected chi connectivity index (χ4v) is 2.70. The summed E-state index contributed by atoms with van der Waals surface area (Å²) in [5.74, 6) is -0.209. The van der Waals surface area contributed by atoms with Gasteiger partial charge in [-0.3, -0.25) is 0 Å². The van der Waals surface area contributed by atoms with E-state index in [1.165, 1.54) is 11.1 Å². The summed E-state index contributed by atoms with van der Waals surface area (Å²) >= 11 is 0. The minimum absolute atomic E-state index is 0.363. The molecule has 0 aromatic heterocycles. The summed E-state index contributed by atoms with van der Waals surface area (Å²) < 4.78 is 5.60. The van der Waals surface area contributed by atoms with Crippen molar-refractivity contribution in [2.45, 2.75) is 51.7 Å². The SMILES string of the molecule is CCCNC1CCCc2c(OC(C)C(=O)O)cccc21. The van der Waals surface area contributed by atoms with Gasteiger partial charge in [-0.2, -0.15) is 0 Å². The van der Waals surface area contributed by atoms with Crippen LogP contribution in [0.15, 0.2) is 18.2 Å². The van der Waals surface area contributed by atoms with Gasteiger partial charge in [0.1, 0.15) is 5.75 Å². The lowest BCUT2D eigenvalue weighted by atomic mass is 9.87. The van der Waals surface area contributed by atoms with E-state index in [1.807, 2.05) is 12.1 Å². The third kappa shape index (κ3) is 3.31. The van der Waals surface area contributed by atoms with Gasteiger partial charge in [0, 0.05) is 6.04 Å². The van der Waals surface area contributed by atoms with E-state index in [4.69, 9.17) is 9.84 Å². The number of aliphatic carboxylic acids is 1. The lowest BCUT2D eigenvalue weighted by molar-refractivity contribution is -0.144. The average Bonchev–Trinajstić information content (AvgIpc) is 2.45. The predicted octanol–water partition coefficient (Wildman–Crippen LogP) is 2.92. The van der Waals surface area contributed by atoms with Crippen molar-refractivity contribution in [2.24, 2.45) is 0 Å². The molecule has 0 spiro atoms. The van der Waals surface area contributed by atoms with Crippen LogP contribution in [0.1, 0.15) is 50.3 Å². The van der Waals surface area contributed by atoms with Gasteiger partial charge >= 0.3 is 5.97 Å². The Balaban J connectivity index is 2.22. The molecule has 0 radical (unpaired) electrons. The van der Waals surface area contributed by atoms with Crippen molar-refractivity contribution in [3.63, 3.8) is 0 Å². The second-order valence-electron chi connectivity index (χ2n) is 5.32. The Labute approximate surface area is 120 Å². The molecule has 110 valence electrons. The number of nitrogens with one attached hydrogen (secondary N) is 1. The van der Waals surface area contributed by atoms with Crippen LogP contribution in [-0.2, 0) is 11.2 Å². The number of carbonyl (C=O) groups is 1. The van der Waals surface area contributed by atoms with E-state index in [0.29, 0.717) is 6.04 Å². The number of ether oxygens (including phenoxy) is 1. The van der Waals surface area contributed by atoms with E-state index >= 15 is 0 Å². The van der Waals surface area contributed by atoms with Gasteiger partial charge in [0.15, 0.2) is 6.10 Å². The lowest BCUT2D eigenvalue weighted by Gasteiger charge is -2.28. The molecule has 2 unspecified atom stereocenters. The summed E-state index contributed by atoms with van der Waals surface area (Å²) in [5, 5.41) is 12.5. The predicted molar refractivity (Wildman–Crippen MR) is 78.1 cm³/mol. The fraction of sp³-hybridized carbons (Fsp3) is 0.562. The van der Waals surface area contributed by atoms with Crippen LogP contribution in [0.5, 0.6) is 5.75 Å². The molecule has 1 aromatic carbocycles. The molecular weight excluding hydrogens is 254 g/mol. The molecule has 20 heavy (non-hydrogen) atoms. The van der Waals surface area contributed by atoms with E-state index in [2.05, 4.69) is 18.3 Å². The molecule has 0 bridgehead atoms. The Morgan fingerprint density at radius 2 is 2.35 bits per heavy atom. The highest BCUT2D eigenvalue weighted by Crippen LogP contribution is 2.35. The van der Waals surface area contributed by atoms with Gasteiger partial charge in [-0.25, -0.2) is 4.79 Å². The van der Waals surface area contributed by atoms with Gasteiger partial charge in [0.25, 0.3) is 0 Å². The smallest absolute Gasteiger partial charge is 0.344 e. The molecule has 0 heterocycles.